The Morgan fingerprint density at radius 1 is 0.630 bits per heavy atom. The molecular formula is C23H43NO3. The molecular weight excluding hydrogens is 338 g/mol. The number of hydrogen-bond acceptors (Lipinski definition) is 4. The molecule has 0 saturated heterocycles. The van der Waals surface area contributed by atoms with E-state index in [-0.39, 0.29) is 54.2 Å². The molecule has 4 heteroatoms. The fourth-order valence-electron chi connectivity index (χ4n) is 3.00. The summed E-state index contributed by atoms with van der Waals surface area (Å²) < 4.78 is 0. The molecule has 0 aliphatic heterocycles. The first-order valence-electron chi connectivity index (χ1n) is 10.8. The minimum atomic E-state index is -0.338. The number of ketones is 3. The highest BCUT2D eigenvalue weighted by Gasteiger charge is 2.31. The third-order valence-electron chi connectivity index (χ3n) is 5.10. The van der Waals surface area contributed by atoms with Crippen LogP contribution in [0, 0.1) is 23.7 Å². The van der Waals surface area contributed by atoms with Gasteiger partial charge in [-0.15, -0.1) is 0 Å². The number of hydrogen-bond donors (Lipinski definition) is 0. The van der Waals surface area contributed by atoms with Crippen molar-refractivity contribution in [2.24, 2.45) is 23.7 Å². The first-order valence-corrected chi connectivity index (χ1v) is 10.8. The van der Waals surface area contributed by atoms with Gasteiger partial charge in [-0.2, -0.15) is 0 Å². The highest BCUT2D eigenvalue weighted by molar-refractivity contribution is 5.89. The molecule has 0 spiro atoms. The molecule has 0 saturated carbocycles. The Balaban J connectivity index is 5.25. The highest BCUT2D eigenvalue weighted by atomic mass is 16.1. The van der Waals surface area contributed by atoms with Crippen LogP contribution in [0.5, 0.6) is 0 Å². The van der Waals surface area contributed by atoms with Crippen molar-refractivity contribution in [3.8, 4) is 0 Å². The molecule has 0 radical (unpaired) electrons. The summed E-state index contributed by atoms with van der Waals surface area (Å²) in [5.74, 6) is 0.733. The molecule has 0 N–H and O–H groups in total. The topological polar surface area (TPSA) is 54.5 Å². The van der Waals surface area contributed by atoms with Crippen LogP contribution < -0.4 is 0 Å². The Labute approximate surface area is 167 Å². The standard InChI is InChI=1S/C23H43NO3/c1-16(2)12-10-9-11-13-20(23(27)19(7)8)24(14-21(25)17(3)4)15-22(26)18(5)6/h16-20H,9-15H2,1-8H3. The van der Waals surface area contributed by atoms with E-state index in [1.165, 1.54) is 6.42 Å². The number of nitrogens with zero attached hydrogens (tertiary/aromatic N) is 1. The number of rotatable bonds is 15. The lowest BCUT2D eigenvalue weighted by Gasteiger charge is -2.32. The zero-order valence-corrected chi connectivity index (χ0v) is 19.0. The lowest BCUT2D eigenvalue weighted by atomic mass is 9.93. The van der Waals surface area contributed by atoms with E-state index in [0.717, 1.165) is 25.7 Å². The van der Waals surface area contributed by atoms with E-state index >= 15 is 0 Å². The van der Waals surface area contributed by atoms with Crippen LogP contribution in [0.15, 0.2) is 0 Å². The summed E-state index contributed by atoms with van der Waals surface area (Å²) in [4.78, 5) is 39.5. The molecule has 1 atom stereocenters. The fourth-order valence-corrected chi connectivity index (χ4v) is 3.00. The van der Waals surface area contributed by atoms with Crippen LogP contribution in [0.3, 0.4) is 0 Å². The summed E-state index contributed by atoms with van der Waals surface area (Å²) >= 11 is 0. The minimum absolute atomic E-state index is 0.0907. The zero-order valence-electron chi connectivity index (χ0n) is 19.0. The lowest BCUT2D eigenvalue weighted by molar-refractivity contribution is -0.132. The van der Waals surface area contributed by atoms with Crippen LogP contribution in [0.4, 0.5) is 0 Å². The first kappa shape index (κ1) is 26.0. The van der Waals surface area contributed by atoms with E-state index in [4.69, 9.17) is 0 Å². The van der Waals surface area contributed by atoms with Crippen molar-refractivity contribution < 1.29 is 14.4 Å². The second-order valence-corrected chi connectivity index (χ2v) is 9.25. The largest absolute Gasteiger partial charge is 0.298 e. The number of Topliss-reactive ketones (excluding diaryl/α,β-unsaturated/α-hetero) is 3. The van der Waals surface area contributed by atoms with Gasteiger partial charge in [-0.1, -0.05) is 81.1 Å². The molecule has 0 aromatic carbocycles. The maximum Gasteiger partial charge on any atom is 0.152 e. The molecule has 0 aromatic rings. The van der Waals surface area contributed by atoms with Crippen molar-refractivity contribution in [1.29, 1.82) is 0 Å². The number of carbonyl (C=O) groups excluding carboxylic acids is 3. The van der Waals surface area contributed by atoms with Gasteiger partial charge in [0.2, 0.25) is 0 Å². The summed E-state index contributed by atoms with van der Waals surface area (Å²) in [6.45, 7) is 16.1. The van der Waals surface area contributed by atoms with Gasteiger partial charge in [0, 0.05) is 17.8 Å². The van der Waals surface area contributed by atoms with Crippen molar-refractivity contribution in [3.05, 3.63) is 0 Å². The van der Waals surface area contributed by atoms with Crippen LogP contribution in [-0.4, -0.2) is 41.4 Å². The van der Waals surface area contributed by atoms with Gasteiger partial charge in [-0.3, -0.25) is 19.3 Å². The molecule has 0 aliphatic rings. The average molecular weight is 382 g/mol. The molecule has 0 fully saturated rings. The van der Waals surface area contributed by atoms with E-state index in [0.29, 0.717) is 5.92 Å². The zero-order chi connectivity index (χ0) is 21.1. The van der Waals surface area contributed by atoms with Gasteiger partial charge in [0.15, 0.2) is 5.78 Å². The van der Waals surface area contributed by atoms with Gasteiger partial charge in [-0.05, 0) is 12.3 Å². The van der Waals surface area contributed by atoms with Crippen LogP contribution >= 0.6 is 0 Å². The predicted molar refractivity (Wildman–Crippen MR) is 113 cm³/mol. The van der Waals surface area contributed by atoms with Crippen molar-refractivity contribution >= 4 is 17.3 Å². The second kappa shape index (κ2) is 13.2. The molecule has 0 aromatic heterocycles. The normalized spacial score (nSPS) is 13.2. The maximum absolute atomic E-state index is 12.9. The molecule has 0 aliphatic carbocycles. The van der Waals surface area contributed by atoms with Gasteiger partial charge in [0.25, 0.3) is 0 Å². The van der Waals surface area contributed by atoms with Crippen LogP contribution in [0.25, 0.3) is 0 Å². The molecule has 4 nitrogen and oxygen atoms in total. The Kier molecular flexibility index (Phi) is 12.7. The Morgan fingerprint density at radius 3 is 1.44 bits per heavy atom. The van der Waals surface area contributed by atoms with Gasteiger partial charge < -0.3 is 0 Å². The summed E-state index contributed by atoms with van der Waals surface area (Å²) in [6, 6.07) is -0.338. The van der Waals surface area contributed by atoms with Crippen molar-refractivity contribution in [2.45, 2.75) is 93.5 Å². The second-order valence-electron chi connectivity index (χ2n) is 9.25. The molecule has 0 rings (SSSR count). The van der Waals surface area contributed by atoms with E-state index < -0.39 is 0 Å². The van der Waals surface area contributed by atoms with Crippen molar-refractivity contribution in [1.82, 2.24) is 4.90 Å². The molecule has 27 heavy (non-hydrogen) atoms. The summed E-state index contributed by atoms with van der Waals surface area (Å²) in [5, 5.41) is 0. The van der Waals surface area contributed by atoms with E-state index in [1.54, 1.807) is 0 Å². The lowest BCUT2D eigenvalue weighted by Crippen LogP contribution is -2.48. The van der Waals surface area contributed by atoms with Crippen molar-refractivity contribution in [2.75, 3.05) is 13.1 Å². The third-order valence-corrected chi connectivity index (χ3v) is 5.10. The predicted octanol–water partition coefficient (Wildman–Crippen LogP) is 4.94. The van der Waals surface area contributed by atoms with Gasteiger partial charge in [-0.25, -0.2) is 0 Å². The van der Waals surface area contributed by atoms with Gasteiger partial charge in [0.1, 0.15) is 11.6 Å². The van der Waals surface area contributed by atoms with Crippen LogP contribution in [0.1, 0.15) is 87.5 Å². The molecule has 0 amide bonds. The SMILES string of the molecule is CC(C)CCCCCC(C(=O)C(C)C)N(CC(=O)C(C)C)CC(=O)C(C)C. The molecule has 158 valence electrons. The molecule has 1 unspecified atom stereocenters. The number of unbranched alkanes of at least 4 members (excludes halogenated alkanes) is 2. The van der Waals surface area contributed by atoms with E-state index in [2.05, 4.69) is 13.8 Å². The maximum atomic E-state index is 12.9. The molecule has 0 heterocycles. The first-order chi connectivity index (χ1) is 12.5. The van der Waals surface area contributed by atoms with Crippen LogP contribution in [-0.2, 0) is 14.4 Å². The summed E-state index contributed by atoms with van der Waals surface area (Å²) in [5.41, 5.74) is 0. The van der Waals surface area contributed by atoms with E-state index in [9.17, 15) is 14.4 Å². The summed E-state index contributed by atoms with van der Waals surface area (Å²) in [6.07, 6.45) is 5.13. The molecule has 0 bridgehead atoms. The van der Waals surface area contributed by atoms with E-state index in [1.807, 2.05) is 46.4 Å². The average Bonchev–Trinajstić information content (AvgIpc) is 2.56. The van der Waals surface area contributed by atoms with Crippen LogP contribution in [0.2, 0.25) is 0 Å². The number of carbonyl (C=O) groups is 3. The highest BCUT2D eigenvalue weighted by Crippen LogP contribution is 2.18. The summed E-state index contributed by atoms with van der Waals surface area (Å²) in [7, 11) is 0. The Bertz CT molecular complexity index is 444. The Hall–Kier alpha value is -1.03. The monoisotopic (exact) mass is 381 g/mol. The Morgan fingerprint density at radius 2 is 1.07 bits per heavy atom. The van der Waals surface area contributed by atoms with Gasteiger partial charge >= 0.3 is 0 Å². The smallest absolute Gasteiger partial charge is 0.152 e. The van der Waals surface area contributed by atoms with Crippen molar-refractivity contribution in [3.63, 3.8) is 0 Å². The fraction of sp³-hybridized carbons (Fsp3) is 0.870. The van der Waals surface area contributed by atoms with Gasteiger partial charge in [0.05, 0.1) is 19.1 Å². The third kappa shape index (κ3) is 10.8. The quantitative estimate of drug-likeness (QED) is 0.377. The minimum Gasteiger partial charge on any atom is -0.298 e.